The second-order valence-electron chi connectivity index (χ2n) is 9.56. The number of nitriles is 1. The van der Waals surface area contributed by atoms with Crippen molar-refractivity contribution < 1.29 is 0 Å². The third-order valence-electron chi connectivity index (χ3n) is 7.32. The van der Waals surface area contributed by atoms with E-state index in [4.69, 9.17) is 0 Å². The average molecular weight is 483 g/mol. The molecule has 0 saturated heterocycles. The molecule has 0 atom stereocenters. The zero-order valence-corrected chi connectivity index (χ0v) is 20.6. The van der Waals surface area contributed by atoms with Crippen LogP contribution in [0.5, 0.6) is 0 Å². The van der Waals surface area contributed by atoms with Crippen molar-refractivity contribution in [1.82, 2.24) is 4.98 Å². The van der Waals surface area contributed by atoms with E-state index in [9.17, 15) is 5.26 Å². The molecule has 0 spiro atoms. The van der Waals surface area contributed by atoms with Crippen LogP contribution >= 0.6 is 0 Å². The van der Waals surface area contributed by atoms with Crippen LogP contribution in [0.15, 0.2) is 134 Å². The number of aromatic nitrogens is 1. The van der Waals surface area contributed by atoms with E-state index in [0.717, 1.165) is 16.5 Å². The molecule has 2 heteroatoms. The highest BCUT2D eigenvalue weighted by Crippen LogP contribution is 2.44. The maximum Gasteiger partial charge on any atom is 0.101 e. The van der Waals surface area contributed by atoms with Gasteiger partial charge in [0, 0.05) is 18.0 Å². The molecule has 0 N–H and O–H groups in total. The molecule has 0 fully saturated rings. The standard InChI is InChI=1S/C36H22N2/c37-21-24-18-30(23-38-22-24)28-15-14-27-20-29(17-16-26(27)19-28)36-33-12-6-4-10-31(33)35(25-8-2-1-3-9-25)32-11-5-7-13-34(32)36/h1-20,22-23H. The van der Waals surface area contributed by atoms with Gasteiger partial charge >= 0.3 is 0 Å². The van der Waals surface area contributed by atoms with Crippen molar-refractivity contribution >= 4 is 32.3 Å². The molecular weight excluding hydrogens is 460 g/mol. The second kappa shape index (κ2) is 9.00. The molecule has 0 saturated carbocycles. The minimum Gasteiger partial charge on any atom is -0.263 e. The molecule has 1 heterocycles. The van der Waals surface area contributed by atoms with Gasteiger partial charge in [0.15, 0.2) is 0 Å². The van der Waals surface area contributed by atoms with Crippen LogP contribution in [0.4, 0.5) is 0 Å². The molecule has 1 aromatic heterocycles. The van der Waals surface area contributed by atoms with E-state index in [0.29, 0.717) is 5.56 Å². The lowest BCUT2D eigenvalue weighted by Crippen LogP contribution is -1.91. The van der Waals surface area contributed by atoms with Gasteiger partial charge in [-0.1, -0.05) is 103 Å². The molecule has 0 aliphatic carbocycles. The van der Waals surface area contributed by atoms with Crippen LogP contribution in [0.2, 0.25) is 0 Å². The van der Waals surface area contributed by atoms with E-state index < -0.39 is 0 Å². The van der Waals surface area contributed by atoms with Crippen LogP contribution in [0.25, 0.3) is 65.7 Å². The van der Waals surface area contributed by atoms with Gasteiger partial charge in [-0.15, -0.1) is 0 Å². The third kappa shape index (κ3) is 3.61. The Bertz CT molecular complexity index is 1970. The molecule has 7 aromatic rings. The average Bonchev–Trinajstić information content (AvgIpc) is 2.99. The Morgan fingerprint density at radius 2 is 0.974 bits per heavy atom. The zero-order chi connectivity index (χ0) is 25.5. The third-order valence-corrected chi connectivity index (χ3v) is 7.32. The highest BCUT2D eigenvalue weighted by atomic mass is 14.6. The molecule has 38 heavy (non-hydrogen) atoms. The molecule has 0 aliphatic rings. The minimum absolute atomic E-state index is 0.565. The molecule has 0 aliphatic heterocycles. The molecule has 176 valence electrons. The van der Waals surface area contributed by atoms with Crippen LogP contribution in [0.3, 0.4) is 0 Å². The maximum atomic E-state index is 9.26. The fourth-order valence-corrected chi connectivity index (χ4v) is 5.59. The first-order valence-corrected chi connectivity index (χ1v) is 12.7. The summed E-state index contributed by atoms with van der Waals surface area (Å²) in [6.07, 6.45) is 3.40. The molecule has 6 aromatic carbocycles. The van der Waals surface area contributed by atoms with E-state index in [2.05, 4.69) is 126 Å². The first-order valence-electron chi connectivity index (χ1n) is 12.7. The molecular formula is C36H22N2. The Labute approximate surface area is 221 Å². The summed E-state index contributed by atoms with van der Waals surface area (Å²) in [4.78, 5) is 4.23. The van der Waals surface area contributed by atoms with Crippen LogP contribution < -0.4 is 0 Å². The van der Waals surface area contributed by atoms with Crippen molar-refractivity contribution in [2.24, 2.45) is 0 Å². The van der Waals surface area contributed by atoms with Crippen molar-refractivity contribution in [3.63, 3.8) is 0 Å². The number of pyridine rings is 1. The maximum absolute atomic E-state index is 9.26. The van der Waals surface area contributed by atoms with Crippen molar-refractivity contribution in [2.75, 3.05) is 0 Å². The van der Waals surface area contributed by atoms with Crippen molar-refractivity contribution in [3.05, 3.63) is 139 Å². The molecule has 2 nitrogen and oxygen atoms in total. The lowest BCUT2D eigenvalue weighted by atomic mass is 9.85. The van der Waals surface area contributed by atoms with Gasteiger partial charge < -0.3 is 0 Å². The van der Waals surface area contributed by atoms with Crippen LogP contribution in [-0.2, 0) is 0 Å². The highest BCUT2D eigenvalue weighted by Gasteiger charge is 2.16. The van der Waals surface area contributed by atoms with E-state index >= 15 is 0 Å². The van der Waals surface area contributed by atoms with E-state index in [1.165, 1.54) is 49.2 Å². The monoisotopic (exact) mass is 482 g/mol. The summed E-state index contributed by atoms with van der Waals surface area (Å²) in [5, 5.41) is 16.6. The predicted octanol–water partition coefficient (Wildman–Crippen LogP) is 9.41. The Morgan fingerprint density at radius 1 is 0.447 bits per heavy atom. The smallest absolute Gasteiger partial charge is 0.101 e. The van der Waals surface area contributed by atoms with Gasteiger partial charge in [0.25, 0.3) is 0 Å². The van der Waals surface area contributed by atoms with E-state index in [-0.39, 0.29) is 0 Å². The highest BCUT2D eigenvalue weighted by molar-refractivity contribution is 6.21. The molecule has 0 amide bonds. The fourth-order valence-electron chi connectivity index (χ4n) is 5.59. The summed E-state index contributed by atoms with van der Waals surface area (Å²) in [7, 11) is 0. The van der Waals surface area contributed by atoms with Crippen LogP contribution in [0.1, 0.15) is 5.56 Å². The molecule has 0 unspecified atom stereocenters. The first-order chi connectivity index (χ1) is 18.8. The largest absolute Gasteiger partial charge is 0.263 e. The van der Waals surface area contributed by atoms with Gasteiger partial charge in [-0.25, -0.2) is 0 Å². The zero-order valence-electron chi connectivity index (χ0n) is 20.6. The molecule has 7 rings (SSSR count). The Hall–Kier alpha value is -5.26. The normalized spacial score (nSPS) is 11.1. The summed E-state index contributed by atoms with van der Waals surface area (Å²) in [5.41, 5.74) is 7.53. The number of hydrogen-bond acceptors (Lipinski definition) is 2. The summed E-state index contributed by atoms with van der Waals surface area (Å²) in [6, 6.07) is 45.4. The van der Waals surface area contributed by atoms with Crippen molar-refractivity contribution in [3.8, 4) is 39.4 Å². The van der Waals surface area contributed by atoms with Gasteiger partial charge in [0.1, 0.15) is 6.07 Å². The number of fused-ring (bicyclic) bond motifs is 3. The van der Waals surface area contributed by atoms with Crippen molar-refractivity contribution in [2.45, 2.75) is 0 Å². The summed E-state index contributed by atoms with van der Waals surface area (Å²) in [6.45, 7) is 0. The lowest BCUT2D eigenvalue weighted by molar-refractivity contribution is 1.30. The second-order valence-corrected chi connectivity index (χ2v) is 9.56. The topological polar surface area (TPSA) is 36.7 Å². The van der Waals surface area contributed by atoms with Gasteiger partial charge in [-0.3, -0.25) is 4.98 Å². The molecule has 0 bridgehead atoms. The summed E-state index contributed by atoms with van der Waals surface area (Å²) < 4.78 is 0. The van der Waals surface area contributed by atoms with Crippen LogP contribution in [0, 0.1) is 11.3 Å². The fraction of sp³-hybridized carbons (Fsp3) is 0. The van der Waals surface area contributed by atoms with Gasteiger partial charge in [0.05, 0.1) is 5.56 Å². The number of benzene rings is 6. The van der Waals surface area contributed by atoms with Gasteiger partial charge in [-0.05, 0) is 78.3 Å². The molecule has 0 radical (unpaired) electrons. The number of rotatable bonds is 3. The number of nitrogens with zero attached hydrogens (tertiary/aromatic N) is 2. The van der Waals surface area contributed by atoms with E-state index in [1.807, 2.05) is 12.3 Å². The van der Waals surface area contributed by atoms with E-state index in [1.54, 1.807) is 6.20 Å². The minimum atomic E-state index is 0.565. The Balaban J connectivity index is 1.46. The lowest BCUT2D eigenvalue weighted by Gasteiger charge is -2.18. The van der Waals surface area contributed by atoms with Crippen LogP contribution in [-0.4, -0.2) is 4.98 Å². The summed E-state index contributed by atoms with van der Waals surface area (Å²) >= 11 is 0. The Kier molecular flexibility index (Phi) is 5.20. The Morgan fingerprint density at radius 3 is 1.58 bits per heavy atom. The van der Waals surface area contributed by atoms with Gasteiger partial charge in [0.2, 0.25) is 0 Å². The van der Waals surface area contributed by atoms with Crippen molar-refractivity contribution in [1.29, 1.82) is 5.26 Å². The number of hydrogen-bond donors (Lipinski definition) is 0. The predicted molar refractivity (Wildman–Crippen MR) is 158 cm³/mol. The van der Waals surface area contributed by atoms with Gasteiger partial charge in [-0.2, -0.15) is 5.26 Å². The SMILES string of the molecule is N#Cc1cncc(-c2ccc3cc(-c4c5ccccc5c(-c5ccccc5)c5ccccc45)ccc3c2)c1. The summed E-state index contributed by atoms with van der Waals surface area (Å²) in [5.74, 6) is 0. The quantitative estimate of drug-likeness (QED) is 0.235. The first kappa shape index (κ1) is 22.0.